The van der Waals surface area contributed by atoms with E-state index in [1.165, 1.54) is 6.07 Å². The molecule has 2 aromatic rings. The number of carbonyl (C=O) groups excluding carboxylic acids is 2. The van der Waals surface area contributed by atoms with Crippen molar-refractivity contribution in [2.24, 2.45) is 4.99 Å². The molecular formula is C20H20N4O4S. The fourth-order valence-electron chi connectivity index (χ4n) is 2.96. The summed E-state index contributed by atoms with van der Waals surface area (Å²) < 4.78 is 26.7. The van der Waals surface area contributed by atoms with Crippen LogP contribution in [0.4, 0.5) is 5.69 Å². The number of rotatable bonds is 5. The number of amides is 2. The van der Waals surface area contributed by atoms with Gasteiger partial charge in [0.25, 0.3) is 15.9 Å². The van der Waals surface area contributed by atoms with Gasteiger partial charge in [-0.2, -0.15) is 0 Å². The zero-order chi connectivity index (χ0) is 20.6. The van der Waals surface area contributed by atoms with E-state index in [1.54, 1.807) is 49.4 Å². The Kier molecular flexibility index (Phi) is 4.83. The van der Waals surface area contributed by atoms with Crippen LogP contribution in [-0.4, -0.2) is 38.2 Å². The first kappa shape index (κ1) is 19.1. The van der Waals surface area contributed by atoms with E-state index in [2.05, 4.69) is 20.3 Å². The van der Waals surface area contributed by atoms with Gasteiger partial charge in [0.05, 0.1) is 4.90 Å². The van der Waals surface area contributed by atoms with Gasteiger partial charge < -0.3 is 10.6 Å². The molecule has 0 radical (unpaired) electrons. The predicted octanol–water partition coefficient (Wildman–Crippen LogP) is 1.64. The standard InChI is InChI=1S/C20H20N4O4S/c1-12(21-18-16-7-2-3-8-17(16)29(27,28)24-18)19(25)23-15-6-4-5-13(11-15)20(26)22-14-9-10-14/h2-8,11-12,14H,9-10H2,1H3,(H,21,24)(H,22,26)(H,23,25)/t12-/m0/s1. The summed E-state index contributed by atoms with van der Waals surface area (Å²) in [6.07, 6.45) is 1.99. The summed E-state index contributed by atoms with van der Waals surface area (Å²) in [4.78, 5) is 29.1. The molecule has 8 nitrogen and oxygen atoms in total. The quantitative estimate of drug-likeness (QED) is 0.692. The summed E-state index contributed by atoms with van der Waals surface area (Å²) in [5.74, 6) is -0.449. The summed E-state index contributed by atoms with van der Waals surface area (Å²) in [6, 6.07) is 12.5. The van der Waals surface area contributed by atoms with Gasteiger partial charge in [0.15, 0.2) is 0 Å². The molecule has 9 heteroatoms. The minimum atomic E-state index is -3.66. The zero-order valence-corrected chi connectivity index (χ0v) is 16.5. The van der Waals surface area contributed by atoms with Crippen molar-refractivity contribution in [3.63, 3.8) is 0 Å². The molecule has 0 spiro atoms. The number of nitrogens with zero attached hydrogens (tertiary/aromatic N) is 1. The third-order valence-corrected chi connectivity index (χ3v) is 6.07. The monoisotopic (exact) mass is 412 g/mol. The van der Waals surface area contributed by atoms with Crippen LogP contribution in [0.15, 0.2) is 58.4 Å². The van der Waals surface area contributed by atoms with Gasteiger partial charge in [-0.25, -0.2) is 8.42 Å². The minimum absolute atomic E-state index is 0.140. The van der Waals surface area contributed by atoms with Gasteiger partial charge in [0.2, 0.25) is 5.91 Å². The van der Waals surface area contributed by atoms with Gasteiger partial charge in [-0.05, 0) is 50.1 Å². The number of amidine groups is 1. The lowest BCUT2D eigenvalue weighted by molar-refractivity contribution is -0.117. The van der Waals surface area contributed by atoms with Crippen molar-refractivity contribution in [1.29, 1.82) is 0 Å². The van der Waals surface area contributed by atoms with E-state index in [9.17, 15) is 18.0 Å². The summed E-state index contributed by atoms with van der Waals surface area (Å²) in [5, 5.41) is 5.62. The molecule has 1 aliphatic heterocycles. The molecule has 29 heavy (non-hydrogen) atoms. The average molecular weight is 412 g/mol. The van der Waals surface area contributed by atoms with E-state index < -0.39 is 22.0 Å². The van der Waals surface area contributed by atoms with Crippen molar-refractivity contribution in [2.75, 3.05) is 5.32 Å². The molecule has 1 heterocycles. The van der Waals surface area contributed by atoms with E-state index in [-0.39, 0.29) is 22.7 Å². The predicted molar refractivity (Wildman–Crippen MR) is 108 cm³/mol. The topological polar surface area (TPSA) is 117 Å². The number of hydrogen-bond acceptors (Lipinski definition) is 5. The molecule has 1 aliphatic carbocycles. The molecule has 0 saturated heterocycles. The molecular weight excluding hydrogens is 392 g/mol. The second kappa shape index (κ2) is 7.32. The van der Waals surface area contributed by atoms with Crippen molar-refractivity contribution < 1.29 is 18.0 Å². The highest BCUT2D eigenvalue weighted by molar-refractivity contribution is 7.90. The minimum Gasteiger partial charge on any atom is -0.349 e. The largest absolute Gasteiger partial charge is 0.349 e. The van der Waals surface area contributed by atoms with Crippen molar-refractivity contribution in [1.82, 2.24) is 10.0 Å². The second-order valence-electron chi connectivity index (χ2n) is 7.07. The normalized spacial score (nSPS) is 19.1. The Morgan fingerprint density at radius 3 is 2.66 bits per heavy atom. The van der Waals surface area contributed by atoms with E-state index >= 15 is 0 Å². The fraction of sp³-hybridized carbons (Fsp3) is 0.250. The molecule has 3 N–H and O–H groups in total. The highest BCUT2D eigenvalue weighted by Gasteiger charge is 2.31. The van der Waals surface area contributed by atoms with Crippen LogP contribution in [0.2, 0.25) is 0 Å². The summed E-state index contributed by atoms with van der Waals surface area (Å²) >= 11 is 0. The molecule has 1 atom stereocenters. The molecule has 2 aliphatic rings. The van der Waals surface area contributed by atoms with Crippen molar-refractivity contribution in [2.45, 2.75) is 36.7 Å². The molecule has 4 rings (SSSR count). The number of fused-ring (bicyclic) bond motifs is 1. The Balaban J connectivity index is 1.48. The van der Waals surface area contributed by atoms with Crippen LogP contribution in [-0.2, 0) is 14.8 Å². The number of anilines is 1. The van der Waals surface area contributed by atoms with Gasteiger partial charge in [0.1, 0.15) is 11.9 Å². The Morgan fingerprint density at radius 1 is 1.14 bits per heavy atom. The Hall–Kier alpha value is -3.20. The molecule has 0 bridgehead atoms. The van der Waals surface area contributed by atoms with E-state index in [0.29, 0.717) is 16.8 Å². The molecule has 0 aromatic heterocycles. The van der Waals surface area contributed by atoms with Gasteiger partial charge in [-0.1, -0.05) is 18.2 Å². The third kappa shape index (κ3) is 4.14. The maximum Gasteiger partial charge on any atom is 0.263 e. The van der Waals surface area contributed by atoms with E-state index in [4.69, 9.17) is 0 Å². The smallest absolute Gasteiger partial charge is 0.263 e. The van der Waals surface area contributed by atoms with E-state index in [0.717, 1.165) is 12.8 Å². The van der Waals surface area contributed by atoms with Crippen LogP contribution in [0.5, 0.6) is 0 Å². The van der Waals surface area contributed by atoms with Crippen LogP contribution in [0, 0.1) is 0 Å². The van der Waals surface area contributed by atoms with Crippen molar-refractivity contribution in [3.8, 4) is 0 Å². The zero-order valence-electron chi connectivity index (χ0n) is 15.7. The Bertz CT molecular complexity index is 1120. The van der Waals surface area contributed by atoms with Crippen LogP contribution in [0.1, 0.15) is 35.7 Å². The van der Waals surface area contributed by atoms with Crippen molar-refractivity contribution in [3.05, 3.63) is 59.7 Å². The third-order valence-electron chi connectivity index (χ3n) is 4.67. The highest BCUT2D eigenvalue weighted by atomic mass is 32.2. The van der Waals surface area contributed by atoms with Crippen LogP contribution >= 0.6 is 0 Å². The molecule has 2 amide bonds. The molecule has 2 aromatic carbocycles. The summed E-state index contributed by atoms with van der Waals surface area (Å²) in [6.45, 7) is 1.57. The lowest BCUT2D eigenvalue weighted by Crippen LogP contribution is -2.29. The van der Waals surface area contributed by atoms with Crippen LogP contribution < -0.4 is 15.4 Å². The fourth-order valence-corrected chi connectivity index (χ4v) is 4.20. The Morgan fingerprint density at radius 2 is 1.90 bits per heavy atom. The van der Waals surface area contributed by atoms with Crippen LogP contribution in [0.25, 0.3) is 0 Å². The van der Waals surface area contributed by atoms with Gasteiger partial charge in [-0.3, -0.25) is 19.3 Å². The lowest BCUT2D eigenvalue weighted by Gasteiger charge is -2.11. The Labute approximate surface area is 168 Å². The first-order chi connectivity index (χ1) is 13.8. The van der Waals surface area contributed by atoms with Gasteiger partial charge in [0, 0.05) is 22.9 Å². The van der Waals surface area contributed by atoms with E-state index in [1.807, 2.05) is 0 Å². The lowest BCUT2D eigenvalue weighted by atomic mass is 10.1. The maximum atomic E-state index is 12.5. The average Bonchev–Trinajstić information content (AvgIpc) is 3.47. The summed E-state index contributed by atoms with van der Waals surface area (Å²) in [5.41, 5.74) is 1.37. The SMILES string of the molecule is C[C@H](N=C1NS(=O)(=O)c2ccccc21)C(=O)Nc1cccc(C(=O)NC2CC2)c1. The number of carbonyl (C=O) groups is 2. The number of nitrogens with one attached hydrogen (secondary N) is 3. The molecule has 1 saturated carbocycles. The number of sulfonamides is 1. The van der Waals surface area contributed by atoms with Gasteiger partial charge >= 0.3 is 0 Å². The highest BCUT2D eigenvalue weighted by Crippen LogP contribution is 2.23. The molecule has 1 fully saturated rings. The number of benzene rings is 2. The van der Waals surface area contributed by atoms with Crippen LogP contribution in [0.3, 0.4) is 0 Å². The summed E-state index contributed by atoms with van der Waals surface area (Å²) in [7, 11) is -3.66. The number of hydrogen-bond donors (Lipinski definition) is 3. The molecule has 150 valence electrons. The second-order valence-corrected chi connectivity index (χ2v) is 8.72. The first-order valence-corrected chi connectivity index (χ1v) is 10.7. The number of aliphatic imine (C=N–C) groups is 1. The molecule has 0 unspecified atom stereocenters. The van der Waals surface area contributed by atoms with Crippen molar-refractivity contribution >= 4 is 33.4 Å². The van der Waals surface area contributed by atoms with Gasteiger partial charge in [-0.15, -0.1) is 0 Å². The maximum absolute atomic E-state index is 12.5. The first-order valence-electron chi connectivity index (χ1n) is 9.25.